The van der Waals surface area contributed by atoms with Crippen molar-refractivity contribution in [3.63, 3.8) is 0 Å². The summed E-state index contributed by atoms with van der Waals surface area (Å²) < 4.78 is 0. The van der Waals surface area contributed by atoms with Gasteiger partial charge in [0.1, 0.15) is 0 Å². The van der Waals surface area contributed by atoms with Gasteiger partial charge in [-0.2, -0.15) is 0 Å². The molecule has 0 aliphatic heterocycles. The number of hydrogen-bond acceptors (Lipinski definition) is 2. The predicted molar refractivity (Wildman–Crippen MR) is 91.8 cm³/mol. The summed E-state index contributed by atoms with van der Waals surface area (Å²) >= 11 is 0. The van der Waals surface area contributed by atoms with Crippen molar-refractivity contribution in [2.75, 3.05) is 21.1 Å². The maximum atomic E-state index is 3.60. The Bertz CT molecular complexity index is 445. The summed E-state index contributed by atoms with van der Waals surface area (Å²) in [5, 5.41) is 3.60. The van der Waals surface area contributed by atoms with Gasteiger partial charge >= 0.3 is 0 Å². The van der Waals surface area contributed by atoms with Crippen molar-refractivity contribution >= 4 is 0 Å². The maximum Gasteiger partial charge on any atom is 0.0504 e. The standard InChI is InChI=1S/C19H32N2/c1-6-19(7-2,21(4)5)18(20-3)17-13-9-12-16(14-17)15-10-8-11-15/h9,12-15,18,20H,6-8,10-11H2,1-5H3. The number of benzene rings is 1. The number of rotatable bonds is 7. The van der Waals surface area contributed by atoms with Crippen LogP contribution >= 0.6 is 0 Å². The van der Waals surface area contributed by atoms with Gasteiger partial charge in [-0.15, -0.1) is 0 Å². The zero-order valence-corrected chi connectivity index (χ0v) is 14.4. The Hall–Kier alpha value is -0.860. The Kier molecular flexibility index (Phi) is 5.45. The van der Waals surface area contributed by atoms with Crippen molar-refractivity contribution in [2.24, 2.45) is 0 Å². The van der Waals surface area contributed by atoms with E-state index in [0.717, 1.165) is 18.8 Å². The monoisotopic (exact) mass is 288 g/mol. The average Bonchev–Trinajstić information content (AvgIpc) is 2.43. The van der Waals surface area contributed by atoms with Gasteiger partial charge in [-0.25, -0.2) is 0 Å². The average molecular weight is 288 g/mol. The molecule has 2 rings (SSSR count). The van der Waals surface area contributed by atoms with Crippen LogP contribution in [0.4, 0.5) is 0 Å². The van der Waals surface area contributed by atoms with Crippen LogP contribution in [0.5, 0.6) is 0 Å². The first kappa shape index (κ1) is 16.5. The highest BCUT2D eigenvalue weighted by Gasteiger charge is 2.38. The number of nitrogens with zero attached hydrogens (tertiary/aromatic N) is 1. The van der Waals surface area contributed by atoms with E-state index in [-0.39, 0.29) is 5.54 Å². The highest BCUT2D eigenvalue weighted by molar-refractivity contribution is 5.31. The molecule has 0 spiro atoms. The maximum absolute atomic E-state index is 3.60. The van der Waals surface area contributed by atoms with E-state index < -0.39 is 0 Å². The molecular formula is C19H32N2. The second-order valence-corrected chi connectivity index (χ2v) is 6.72. The zero-order chi connectivity index (χ0) is 15.5. The highest BCUT2D eigenvalue weighted by atomic mass is 15.2. The van der Waals surface area contributed by atoms with Crippen LogP contribution in [-0.2, 0) is 0 Å². The summed E-state index contributed by atoms with van der Waals surface area (Å²) in [7, 11) is 6.53. The number of hydrogen-bond donors (Lipinski definition) is 1. The molecule has 0 amide bonds. The molecule has 1 unspecified atom stereocenters. The summed E-state index contributed by atoms with van der Waals surface area (Å²) in [6, 6.07) is 9.69. The lowest BCUT2D eigenvalue weighted by atomic mass is 9.76. The second kappa shape index (κ2) is 6.93. The molecule has 118 valence electrons. The fraction of sp³-hybridized carbons (Fsp3) is 0.684. The Morgan fingerprint density at radius 2 is 1.90 bits per heavy atom. The largest absolute Gasteiger partial charge is 0.311 e. The third-order valence-corrected chi connectivity index (χ3v) is 5.76. The SMILES string of the molecule is CCC(CC)(C(NC)c1cccc(C2CCC2)c1)N(C)C. The fourth-order valence-corrected chi connectivity index (χ4v) is 4.03. The van der Waals surface area contributed by atoms with E-state index in [4.69, 9.17) is 0 Å². The molecule has 0 radical (unpaired) electrons. The molecule has 1 saturated carbocycles. The minimum Gasteiger partial charge on any atom is -0.311 e. The summed E-state index contributed by atoms with van der Waals surface area (Å²) in [6.45, 7) is 4.62. The van der Waals surface area contributed by atoms with Crippen molar-refractivity contribution in [3.8, 4) is 0 Å². The van der Waals surface area contributed by atoms with Gasteiger partial charge in [0.25, 0.3) is 0 Å². The molecule has 0 bridgehead atoms. The summed E-state index contributed by atoms with van der Waals surface area (Å²) in [4.78, 5) is 2.41. The molecule has 2 heteroatoms. The van der Waals surface area contributed by atoms with Gasteiger partial charge < -0.3 is 10.2 Å². The molecule has 1 aromatic carbocycles. The van der Waals surface area contributed by atoms with Crippen molar-refractivity contribution in [2.45, 2.75) is 63.5 Å². The molecule has 2 nitrogen and oxygen atoms in total. The highest BCUT2D eigenvalue weighted by Crippen LogP contribution is 2.40. The van der Waals surface area contributed by atoms with Crippen LogP contribution in [0.3, 0.4) is 0 Å². The molecule has 1 aliphatic rings. The van der Waals surface area contributed by atoms with Crippen LogP contribution < -0.4 is 5.32 Å². The van der Waals surface area contributed by atoms with Crippen LogP contribution in [0, 0.1) is 0 Å². The smallest absolute Gasteiger partial charge is 0.0504 e. The van der Waals surface area contributed by atoms with E-state index >= 15 is 0 Å². The van der Waals surface area contributed by atoms with Crippen LogP contribution in [0.15, 0.2) is 24.3 Å². The second-order valence-electron chi connectivity index (χ2n) is 6.72. The number of likely N-dealkylation sites (N-methyl/N-ethyl adjacent to an activating group) is 2. The van der Waals surface area contributed by atoms with E-state index in [9.17, 15) is 0 Å². The molecule has 1 aromatic rings. The van der Waals surface area contributed by atoms with E-state index in [1.54, 1.807) is 5.56 Å². The van der Waals surface area contributed by atoms with Gasteiger partial charge in [0.15, 0.2) is 0 Å². The molecule has 1 atom stereocenters. The molecular weight excluding hydrogens is 256 g/mol. The van der Waals surface area contributed by atoms with Crippen LogP contribution in [0.1, 0.15) is 69.0 Å². The Labute approximate surface area is 130 Å². The number of nitrogens with one attached hydrogen (secondary N) is 1. The molecule has 21 heavy (non-hydrogen) atoms. The molecule has 0 heterocycles. The molecule has 1 aliphatic carbocycles. The summed E-state index contributed by atoms with van der Waals surface area (Å²) in [6.07, 6.45) is 6.43. The van der Waals surface area contributed by atoms with Crippen LogP contribution in [-0.4, -0.2) is 31.6 Å². The fourth-order valence-electron chi connectivity index (χ4n) is 4.03. The quantitative estimate of drug-likeness (QED) is 0.803. The summed E-state index contributed by atoms with van der Waals surface area (Å²) in [5.41, 5.74) is 3.16. The Morgan fingerprint density at radius 3 is 2.33 bits per heavy atom. The third-order valence-electron chi connectivity index (χ3n) is 5.76. The van der Waals surface area contributed by atoms with Gasteiger partial charge in [0.2, 0.25) is 0 Å². The lowest BCUT2D eigenvalue weighted by molar-refractivity contribution is 0.0917. The lowest BCUT2D eigenvalue weighted by Gasteiger charge is -2.45. The predicted octanol–water partition coefficient (Wildman–Crippen LogP) is 4.34. The van der Waals surface area contributed by atoms with Crippen molar-refractivity contribution < 1.29 is 0 Å². The lowest BCUT2D eigenvalue weighted by Crippen LogP contribution is -2.52. The van der Waals surface area contributed by atoms with E-state index in [2.05, 4.69) is 69.5 Å². The van der Waals surface area contributed by atoms with Gasteiger partial charge in [-0.05, 0) is 63.9 Å². The van der Waals surface area contributed by atoms with Gasteiger partial charge in [0.05, 0.1) is 6.04 Å². The van der Waals surface area contributed by atoms with E-state index in [1.165, 1.54) is 24.8 Å². The van der Waals surface area contributed by atoms with Gasteiger partial charge in [-0.1, -0.05) is 44.5 Å². The summed E-state index contributed by atoms with van der Waals surface area (Å²) in [5.74, 6) is 0.805. The van der Waals surface area contributed by atoms with Crippen LogP contribution in [0.2, 0.25) is 0 Å². The molecule has 0 saturated heterocycles. The first-order valence-corrected chi connectivity index (χ1v) is 8.53. The first-order chi connectivity index (χ1) is 10.1. The molecule has 1 fully saturated rings. The van der Waals surface area contributed by atoms with Gasteiger partial charge in [-0.3, -0.25) is 0 Å². The third kappa shape index (κ3) is 3.02. The Morgan fingerprint density at radius 1 is 1.24 bits per heavy atom. The minimum atomic E-state index is 0.174. The van der Waals surface area contributed by atoms with E-state index in [0.29, 0.717) is 6.04 Å². The normalized spacial score (nSPS) is 17.8. The zero-order valence-electron chi connectivity index (χ0n) is 14.4. The molecule has 1 N–H and O–H groups in total. The van der Waals surface area contributed by atoms with Gasteiger partial charge in [0, 0.05) is 5.54 Å². The van der Waals surface area contributed by atoms with Crippen molar-refractivity contribution in [1.82, 2.24) is 10.2 Å². The van der Waals surface area contributed by atoms with Crippen molar-refractivity contribution in [3.05, 3.63) is 35.4 Å². The minimum absolute atomic E-state index is 0.174. The molecule has 0 aromatic heterocycles. The van der Waals surface area contributed by atoms with E-state index in [1.807, 2.05) is 0 Å². The first-order valence-electron chi connectivity index (χ1n) is 8.53. The van der Waals surface area contributed by atoms with Crippen molar-refractivity contribution in [1.29, 1.82) is 0 Å². The van der Waals surface area contributed by atoms with Crippen LogP contribution in [0.25, 0.3) is 0 Å². The Balaban J connectivity index is 2.35. The topological polar surface area (TPSA) is 15.3 Å².